The highest BCUT2D eigenvalue weighted by molar-refractivity contribution is 7.17. The Morgan fingerprint density at radius 3 is 3.00 bits per heavy atom. The Bertz CT molecular complexity index is 510. The summed E-state index contributed by atoms with van der Waals surface area (Å²) in [6, 6.07) is 10.6. The summed E-state index contributed by atoms with van der Waals surface area (Å²) in [5, 5.41) is 12.2. The maximum Gasteiger partial charge on any atom is 0.0863 e. The number of rotatable bonds is 4. The third kappa shape index (κ3) is 2.41. The first-order valence-electron chi connectivity index (χ1n) is 5.32. The van der Waals surface area contributed by atoms with Crippen LogP contribution in [-0.2, 0) is 6.42 Å². The van der Waals surface area contributed by atoms with Gasteiger partial charge in [0.1, 0.15) is 0 Å². The molecule has 0 aliphatic rings. The number of hydrogen-bond donors (Lipinski definition) is 0. The van der Waals surface area contributed by atoms with Crippen molar-refractivity contribution in [2.24, 2.45) is 0 Å². The number of nitrogens with zero attached hydrogens (tertiary/aromatic N) is 2. The van der Waals surface area contributed by atoms with Crippen LogP contribution in [-0.4, -0.2) is 25.0 Å². The van der Waals surface area contributed by atoms with Crippen molar-refractivity contribution >= 4 is 21.4 Å². The zero-order chi connectivity index (χ0) is 11.4. The second-order valence-electron chi connectivity index (χ2n) is 3.90. The van der Waals surface area contributed by atoms with Crippen LogP contribution in [0.1, 0.15) is 5.56 Å². The third-order valence-corrected chi connectivity index (χ3v) is 3.68. The van der Waals surface area contributed by atoms with Gasteiger partial charge in [-0.05, 0) is 35.9 Å². The van der Waals surface area contributed by atoms with Gasteiger partial charge in [-0.3, -0.25) is 4.90 Å². The predicted molar refractivity (Wildman–Crippen MR) is 68.6 cm³/mol. The van der Waals surface area contributed by atoms with Crippen LogP contribution < -0.4 is 0 Å². The normalized spacial score (nSPS) is 10.8. The van der Waals surface area contributed by atoms with E-state index in [1.165, 1.54) is 15.6 Å². The van der Waals surface area contributed by atoms with E-state index in [0.29, 0.717) is 6.54 Å². The fourth-order valence-electron chi connectivity index (χ4n) is 1.74. The first-order valence-corrected chi connectivity index (χ1v) is 6.20. The molecule has 0 radical (unpaired) electrons. The van der Waals surface area contributed by atoms with Crippen LogP contribution in [0.5, 0.6) is 0 Å². The molecule has 0 spiro atoms. The molecule has 0 aliphatic carbocycles. The minimum absolute atomic E-state index is 0.502. The Morgan fingerprint density at radius 2 is 2.19 bits per heavy atom. The van der Waals surface area contributed by atoms with Crippen molar-refractivity contribution < 1.29 is 0 Å². The van der Waals surface area contributed by atoms with Gasteiger partial charge in [0.05, 0.1) is 12.6 Å². The van der Waals surface area contributed by atoms with Crippen molar-refractivity contribution in [2.45, 2.75) is 6.42 Å². The molecule has 3 heteroatoms. The lowest BCUT2D eigenvalue weighted by Crippen LogP contribution is -2.21. The van der Waals surface area contributed by atoms with Crippen LogP contribution in [0, 0.1) is 11.3 Å². The maximum absolute atomic E-state index is 8.58. The van der Waals surface area contributed by atoms with E-state index in [1.807, 2.05) is 11.9 Å². The van der Waals surface area contributed by atoms with Crippen molar-refractivity contribution in [2.75, 3.05) is 20.1 Å². The van der Waals surface area contributed by atoms with E-state index in [2.05, 4.69) is 35.7 Å². The Hall–Kier alpha value is -1.37. The summed E-state index contributed by atoms with van der Waals surface area (Å²) in [4.78, 5) is 2.05. The highest BCUT2D eigenvalue weighted by Crippen LogP contribution is 2.25. The molecule has 0 aliphatic heterocycles. The highest BCUT2D eigenvalue weighted by Gasteiger charge is 2.04. The molecule has 0 unspecified atom stereocenters. The van der Waals surface area contributed by atoms with Crippen LogP contribution in [0.15, 0.2) is 29.6 Å². The maximum atomic E-state index is 8.58. The van der Waals surface area contributed by atoms with Gasteiger partial charge in [0.2, 0.25) is 0 Å². The van der Waals surface area contributed by atoms with Gasteiger partial charge in [0, 0.05) is 11.2 Å². The lowest BCUT2D eigenvalue weighted by atomic mass is 10.1. The number of thiophene rings is 1. The standard InChI is InChI=1S/C13H14N2S/c1-15(9-7-14)8-6-11-10-16-13-5-3-2-4-12(11)13/h2-5,10H,6,8-9H2,1H3. The molecule has 0 atom stereocenters. The molecule has 16 heavy (non-hydrogen) atoms. The van der Waals surface area contributed by atoms with Gasteiger partial charge in [-0.15, -0.1) is 11.3 Å². The molecule has 0 N–H and O–H groups in total. The highest BCUT2D eigenvalue weighted by atomic mass is 32.1. The van der Waals surface area contributed by atoms with Crippen LogP contribution in [0.4, 0.5) is 0 Å². The summed E-state index contributed by atoms with van der Waals surface area (Å²) in [6.07, 6.45) is 1.02. The average molecular weight is 230 g/mol. The molecule has 82 valence electrons. The summed E-state index contributed by atoms with van der Waals surface area (Å²) >= 11 is 1.80. The molecule has 1 aromatic heterocycles. The van der Waals surface area contributed by atoms with Gasteiger partial charge in [-0.1, -0.05) is 18.2 Å². The Labute approximate surface area is 99.7 Å². The van der Waals surface area contributed by atoms with E-state index in [1.54, 1.807) is 11.3 Å². The van der Waals surface area contributed by atoms with Gasteiger partial charge in [0.15, 0.2) is 0 Å². The Balaban J connectivity index is 2.08. The molecule has 2 aromatic rings. The lowest BCUT2D eigenvalue weighted by molar-refractivity contribution is 0.380. The van der Waals surface area contributed by atoms with Crippen LogP contribution in [0.2, 0.25) is 0 Å². The average Bonchev–Trinajstić information content (AvgIpc) is 2.70. The second-order valence-corrected chi connectivity index (χ2v) is 4.81. The number of hydrogen-bond acceptors (Lipinski definition) is 3. The first-order chi connectivity index (χ1) is 7.81. The van der Waals surface area contributed by atoms with Gasteiger partial charge in [-0.25, -0.2) is 0 Å². The molecular formula is C13H14N2S. The molecule has 2 nitrogen and oxygen atoms in total. The zero-order valence-electron chi connectivity index (χ0n) is 9.31. The van der Waals surface area contributed by atoms with Crippen LogP contribution >= 0.6 is 11.3 Å². The molecule has 0 fully saturated rings. The van der Waals surface area contributed by atoms with E-state index in [0.717, 1.165) is 13.0 Å². The van der Waals surface area contributed by atoms with Crippen molar-refractivity contribution in [3.8, 4) is 6.07 Å². The topological polar surface area (TPSA) is 27.0 Å². The number of likely N-dealkylation sites (N-methyl/N-ethyl adjacent to an activating group) is 1. The number of nitriles is 1. The predicted octanol–water partition coefficient (Wildman–Crippen LogP) is 2.90. The van der Waals surface area contributed by atoms with Crippen LogP contribution in [0.3, 0.4) is 0 Å². The first kappa shape index (κ1) is 11.1. The molecule has 1 heterocycles. The van der Waals surface area contributed by atoms with E-state index in [-0.39, 0.29) is 0 Å². The van der Waals surface area contributed by atoms with Crippen molar-refractivity contribution in [3.05, 3.63) is 35.2 Å². The van der Waals surface area contributed by atoms with E-state index in [4.69, 9.17) is 5.26 Å². The molecule has 0 saturated carbocycles. The lowest BCUT2D eigenvalue weighted by Gasteiger charge is -2.11. The number of benzene rings is 1. The largest absolute Gasteiger partial charge is 0.293 e. The number of fused-ring (bicyclic) bond motifs is 1. The smallest absolute Gasteiger partial charge is 0.0863 e. The molecule has 0 amide bonds. The van der Waals surface area contributed by atoms with Crippen LogP contribution in [0.25, 0.3) is 10.1 Å². The Kier molecular flexibility index (Phi) is 3.55. The summed E-state index contributed by atoms with van der Waals surface area (Å²) in [7, 11) is 1.98. The summed E-state index contributed by atoms with van der Waals surface area (Å²) in [5.41, 5.74) is 1.39. The molecule has 1 aromatic carbocycles. The van der Waals surface area contributed by atoms with Gasteiger partial charge < -0.3 is 0 Å². The fourth-order valence-corrected chi connectivity index (χ4v) is 2.73. The van der Waals surface area contributed by atoms with Crippen molar-refractivity contribution in [3.63, 3.8) is 0 Å². The van der Waals surface area contributed by atoms with E-state index >= 15 is 0 Å². The minimum atomic E-state index is 0.502. The monoisotopic (exact) mass is 230 g/mol. The summed E-state index contributed by atoms with van der Waals surface area (Å²) in [6.45, 7) is 1.44. The third-order valence-electron chi connectivity index (χ3n) is 2.66. The van der Waals surface area contributed by atoms with Gasteiger partial charge in [0.25, 0.3) is 0 Å². The zero-order valence-corrected chi connectivity index (χ0v) is 10.1. The molecule has 2 rings (SSSR count). The van der Waals surface area contributed by atoms with Crippen molar-refractivity contribution in [1.29, 1.82) is 5.26 Å². The van der Waals surface area contributed by atoms with Gasteiger partial charge in [-0.2, -0.15) is 5.26 Å². The van der Waals surface area contributed by atoms with E-state index in [9.17, 15) is 0 Å². The molecule has 0 saturated heterocycles. The van der Waals surface area contributed by atoms with Gasteiger partial charge >= 0.3 is 0 Å². The quantitative estimate of drug-likeness (QED) is 0.755. The SMILES string of the molecule is CN(CC#N)CCc1csc2ccccc12. The minimum Gasteiger partial charge on any atom is -0.293 e. The Morgan fingerprint density at radius 1 is 1.38 bits per heavy atom. The summed E-state index contributed by atoms with van der Waals surface area (Å²) in [5.74, 6) is 0. The second kappa shape index (κ2) is 5.11. The fraction of sp³-hybridized carbons (Fsp3) is 0.308. The van der Waals surface area contributed by atoms with Crippen molar-refractivity contribution in [1.82, 2.24) is 4.90 Å². The van der Waals surface area contributed by atoms with E-state index < -0.39 is 0 Å². The summed E-state index contributed by atoms with van der Waals surface area (Å²) < 4.78 is 1.35. The molecule has 0 bridgehead atoms. The molecular weight excluding hydrogens is 216 g/mol.